The first kappa shape index (κ1) is 18.1. The van der Waals surface area contributed by atoms with Crippen LogP contribution in [0.4, 0.5) is 10.6 Å². The standard InChI is InChI=1S/C18H19N3O4S/c1-21(15-3-2-4-16(22)19-15)9-10-25-13-7-5-12(6-8-13)11-14-17(23)20-18(24)26-14/h2-8,14H,9-11H2,1H3,(H,19,22)(H,20,23,24). The fraction of sp³-hybridized carbons (Fsp3) is 0.278. The topological polar surface area (TPSA) is 91.5 Å². The highest BCUT2D eigenvalue weighted by atomic mass is 32.2. The molecule has 2 N–H and O–H groups in total. The second-order valence-corrected chi connectivity index (χ2v) is 7.08. The van der Waals surface area contributed by atoms with Gasteiger partial charge in [-0.25, -0.2) is 0 Å². The van der Waals surface area contributed by atoms with Crippen molar-refractivity contribution in [2.75, 3.05) is 25.1 Å². The fourth-order valence-corrected chi connectivity index (χ4v) is 3.40. The van der Waals surface area contributed by atoms with Gasteiger partial charge in [-0.2, -0.15) is 0 Å². The van der Waals surface area contributed by atoms with Crippen molar-refractivity contribution in [1.82, 2.24) is 10.3 Å². The molecule has 3 rings (SSSR count). The van der Waals surface area contributed by atoms with Crippen molar-refractivity contribution in [1.29, 1.82) is 0 Å². The van der Waals surface area contributed by atoms with Crippen LogP contribution in [0.25, 0.3) is 0 Å². The Labute approximate surface area is 154 Å². The number of benzene rings is 1. The molecule has 1 unspecified atom stereocenters. The summed E-state index contributed by atoms with van der Waals surface area (Å²) in [5, 5.41) is 1.63. The SMILES string of the molecule is CN(CCOc1ccc(CC2SC(=O)NC2=O)cc1)c1cccc(=O)[nH]1. The van der Waals surface area contributed by atoms with E-state index in [0.717, 1.165) is 28.9 Å². The lowest BCUT2D eigenvalue weighted by molar-refractivity contribution is -0.118. The largest absolute Gasteiger partial charge is 0.492 e. The normalized spacial score (nSPS) is 16.4. The van der Waals surface area contributed by atoms with Gasteiger partial charge in [-0.1, -0.05) is 30.0 Å². The number of likely N-dealkylation sites (N-methyl/N-ethyl adjacent to an activating group) is 1. The lowest BCUT2D eigenvalue weighted by Gasteiger charge is -2.18. The molecule has 2 aromatic rings. The van der Waals surface area contributed by atoms with Crippen molar-refractivity contribution in [3.05, 3.63) is 58.4 Å². The van der Waals surface area contributed by atoms with Gasteiger partial charge in [0.2, 0.25) is 11.5 Å². The van der Waals surface area contributed by atoms with Crippen LogP contribution in [0.1, 0.15) is 5.56 Å². The molecule has 1 aromatic heterocycles. The van der Waals surface area contributed by atoms with Crippen LogP contribution in [0.2, 0.25) is 0 Å². The molecule has 136 valence electrons. The summed E-state index contributed by atoms with van der Waals surface area (Å²) in [5.74, 6) is 1.23. The van der Waals surface area contributed by atoms with Crippen LogP contribution in [0.3, 0.4) is 0 Å². The number of carbonyl (C=O) groups excluding carboxylic acids is 2. The molecule has 2 heterocycles. The van der Waals surface area contributed by atoms with E-state index in [-0.39, 0.29) is 22.0 Å². The van der Waals surface area contributed by atoms with Crippen molar-refractivity contribution >= 4 is 28.7 Å². The van der Waals surface area contributed by atoms with Gasteiger partial charge in [0.05, 0.1) is 11.8 Å². The van der Waals surface area contributed by atoms with Gasteiger partial charge >= 0.3 is 0 Å². The third-order valence-electron chi connectivity index (χ3n) is 3.97. The number of carbonyl (C=O) groups is 2. The molecular formula is C18H19N3O4S. The predicted octanol–water partition coefficient (Wildman–Crippen LogP) is 1.78. The first-order valence-electron chi connectivity index (χ1n) is 8.15. The number of thioether (sulfide) groups is 1. The van der Waals surface area contributed by atoms with Crippen LogP contribution >= 0.6 is 11.8 Å². The molecule has 7 nitrogen and oxygen atoms in total. The van der Waals surface area contributed by atoms with E-state index in [1.165, 1.54) is 6.07 Å². The van der Waals surface area contributed by atoms with Crippen LogP contribution in [-0.4, -0.2) is 41.6 Å². The minimum absolute atomic E-state index is 0.137. The van der Waals surface area contributed by atoms with Gasteiger partial charge in [-0.15, -0.1) is 0 Å². The zero-order valence-electron chi connectivity index (χ0n) is 14.2. The van der Waals surface area contributed by atoms with Gasteiger partial charge in [-0.3, -0.25) is 19.7 Å². The number of rotatable bonds is 7. The molecule has 1 aromatic carbocycles. The summed E-state index contributed by atoms with van der Waals surface area (Å²) in [6.07, 6.45) is 0.507. The maximum absolute atomic E-state index is 11.6. The Morgan fingerprint density at radius 3 is 2.54 bits per heavy atom. The molecule has 0 spiro atoms. The molecule has 2 amide bonds. The third kappa shape index (κ3) is 4.66. The van der Waals surface area contributed by atoms with E-state index < -0.39 is 0 Å². The Balaban J connectivity index is 1.48. The van der Waals surface area contributed by atoms with Gasteiger partial charge in [0.15, 0.2) is 0 Å². The lowest BCUT2D eigenvalue weighted by atomic mass is 10.1. The van der Waals surface area contributed by atoms with Gasteiger partial charge in [0.25, 0.3) is 5.24 Å². The van der Waals surface area contributed by atoms with Gasteiger partial charge in [0.1, 0.15) is 18.2 Å². The molecule has 0 saturated carbocycles. The van der Waals surface area contributed by atoms with E-state index in [1.807, 2.05) is 42.3 Å². The number of anilines is 1. The van der Waals surface area contributed by atoms with Crippen molar-refractivity contribution in [3.8, 4) is 5.75 Å². The minimum atomic E-state index is -0.365. The summed E-state index contributed by atoms with van der Waals surface area (Å²) in [7, 11) is 1.88. The Kier molecular flexibility index (Phi) is 5.62. The molecule has 1 atom stereocenters. The Hall–Kier alpha value is -2.74. The number of nitrogens with zero attached hydrogens (tertiary/aromatic N) is 1. The van der Waals surface area contributed by atoms with Gasteiger partial charge in [0, 0.05) is 13.1 Å². The quantitative estimate of drug-likeness (QED) is 0.769. The number of hydrogen-bond donors (Lipinski definition) is 2. The maximum atomic E-state index is 11.6. The van der Waals surface area contributed by atoms with E-state index in [1.54, 1.807) is 6.07 Å². The number of aromatic nitrogens is 1. The zero-order chi connectivity index (χ0) is 18.5. The Morgan fingerprint density at radius 2 is 1.88 bits per heavy atom. The van der Waals surface area contributed by atoms with Crippen molar-refractivity contribution < 1.29 is 14.3 Å². The Bertz CT molecular complexity index is 850. The Morgan fingerprint density at radius 1 is 1.12 bits per heavy atom. The molecule has 1 aliphatic rings. The summed E-state index contributed by atoms with van der Waals surface area (Å²) in [6, 6.07) is 12.5. The number of H-pyrrole nitrogens is 1. The third-order valence-corrected chi connectivity index (χ3v) is 4.95. The van der Waals surface area contributed by atoms with E-state index in [9.17, 15) is 14.4 Å². The smallest absolute Gasteiger partial charge is 0.286 e. The number of hydrogen-bond acceptors (Lipinski definition) is 6. The van der Waals surface area contributed by atoms with Crippen LogP contribution in [-0.2, 0) is 11.2 Å². The monoisotopic (exact) mass is 373 g/mol. The van der Waals surface area contributed by atoms with Gasteiger partial charge < -0.3 is 14.6 Å². The molecule has 0 aliphatic carbocycles. The summed E-state index contributed by atoms with van der Waals surface area (Å²) >= 11 is 1.03. The number of nitrogens with one attached hydrogen (secondary N) is 2. The highest BCUT2D eigenvalue weighted by Crippen LogP contribution is 2.23. The average molecular weight is 373 g/mol. The zero-order valence-corrected chi connectivity index (χ0v) is 15.0. The number of aromatic amines is 1. The first-order valence-corrected chi connectivity index (χ1v) is 9.03. The number of imide groups is 1. The summed E-state index contributed by atoms with van der Waals surface area (Å²) in [6.45, 7) is 1.07. The minimum Gasteiger partial charge on any atom is -0.492 e. The average Bonchev–Trinajstić information content (AvgIpc) is 2.93. The lowest BCUT2D eigenvalue weighted by Crippen LogP contribution is -2.26. The molecule has 8 heteroatoms. The second-order valence-electron chi connectivity index (χ2n) is 5.90. The van der Waals surface area contributed by atoms with Crippen LogP contribution in [0.5, 0.6) is 5.75 Å². The van der Waals surface area contributed by atoms with Crippen LogP contribution < -0.4 is 20.5 Å². The highest BCUT2D eigenvalue weighted by molar-refractivity contribution is 8.15. The molecular weight excluding hydrogens is 354 g/mol. The van der Waals surface area contributed by atoms with E-state index in [0.29, 0.717) is 19.6 Å². The van der Waals surface area contributed by atoms with Crippen molar-refractivity contribution in [2.45, 2.75) is 11.7 Å². The maximum Gasteiger partial charge on any atom is 0.286 e. The number of amides is 2. The fourth-order valence-electron chi connectivity index (χ4n) is 2.54. The highest BCUT2D eigenvalue weighted by Gasteiger charge is 2.31. The molecule has 1 fully saturated rings. The van der Waals surface area contributed by atoms with E-state index >= 15 is 0 Å². The van der Waals surface area contributed by atoms with Crippen LogP contribution in [0.15, 0.2) is 47.3 Å². The van der Waals surface area contributed by atoms with E-state index in [2.05, 4.69) is 10.3 Å². The first-order chi connectivity index (χ1) is 12.5. The summed E-state index contributed by atoms with van der Waals surface area (Å²) in [5.41, 5.74) is 0.834. The summed E-state index contributed by atoms with van der Waals surface area (Å²) < 4.78 is 5.72. The molecule has 0 bridgehead atoms. The molecule has 1 saturated heterocycles. The number of ether oxygens (including phenoxy) is 1. The van der Waals surface area contributed by atoms with Crippen molar-refractivity contribution in [2.24, 2.45) is 0 Å². The van der Waals surface area contributed by atoms with E-state index in [4.69, 9.17) is 4.74 Å². The molecule has 26 heavy (non-hydrogen) atoms. The second kappa shape index (κ2) is 8.09. The molecule has 0 radical (unpaired) electrons. The van der Waals surface area contributed by atoms with Crippen LogP contribution in [0, 0.1) is 0 Å². The summed E-state index contributed by atoms with van der Waals surface area (Å²) in [4.78, 5) is 38.8. The predicted molar refractivity (Wildman–Crippen MR) is 101 cm³/mol. The molecule has 1 aliphatic heterocycles. The number of pyridine rings is 1. The van der Waals surface area contributed by atoms with Crippen molar-refractivity contribution in [3.63, 3.8) is 0 Å². The van der Waals surface area contributed by atoms with Gasteiger partial charge in [-0.05, 0) is 30.2 Å².